The number of fused-ring (bicyclic) bond motifs is 1. The van der Waals surface area contributed by atoms with Crippen LogP contribution in [0.2, 0.25) is 0 Å². The molecule has 1 saturated heterocycles. The zero-order valence-corrected chi connectivity index (χ0v) is 19.8. The molecule has 2 N–H and O–H groups in total. The molecule has 0 radical (unpaired) electrons. The fourth-order valence-electron chi connectivity index (χ4n) is 3.29. The van der Waals surface area contributed by atoms with E-state index in [2.05, 4.69) is 25.5 Å². The second-order valence-electron chi connectivity index (χ2n) is 7.06. The monoisotopic (exact) mass is 481 g/mol. The van der Waals surface area contributed by atoms with E-state index in [1.54, 1.807) is 13.8 Å². The van der Waals surface area contributed by atoms with Crippen LogP contribution in [0.1, 0.15) is 53.0 Å². The fraction of sp³-hybridized carbons (Fsp3) is 0.526. The minimum absolute atomic E-state index is 0.149. The number of aromatic nitrogens is 4. The predicted octanol–water partition coefficient (Wildman–Crippen LogP) is 3.77. The second-order valence-corrected chi connectivity index (χ2v) is 10.6. The van der Waals surface area contributed by atoms with Gasteiger partial charge in [0.15, 0.2) is 4.34 Å². The number of nitrogens with one attached hydrogen (secondary N) is 2. The molecule has 0 bridgehead atoms. The zero-order chi connectivity index (χ0) is 22.0. The quantitative estimate of drug-likeness (QED) is 0.366. The number of thioether (sulfide) groups is 1. The van der Waals surface area contributed by atoms with E-state index < -0.39 is 5.97 Å². The van der Waals surface area contributed by atoms with Crippen molar-refractivity contribution < 1.29 is 14.3 Å². The van der Waals surface area contributed by atoms with Crippen molar-refractivity contribution in [2.24, 2.45) is 0 Å². The van der Waals surface area contributed by atoms with Crippen molar-refractivity contribution in [2.75, 3.05) is 25.1 Å². The first-order chi connectivity index (χ1) is 15.0. The largest absolute Gasteiger partial charge is 0.462 e. The number of H-pyrrole nitrogens is 1. The van der Waals surface area contributed by atoms with E-state index in [0.29, 0.717) is 26.5 Å². The molecule has 0 saturated carbocycles. The summed E-state index contributed by atoms with van der Waals surface area (Å²) in [6, 6.07) is 0. The van der Waals surface area contributed by atoms with Gasteiger partial charge in [-0.05, 0) is 39.2 Å². The van der Waals surface area contributed by atoms with Gasteiger partial charge in [-0.15, -0.1) is 21.5 Å². The lowest BCUT2D eigenvalue weighted by molar-refractivity contribution is 0.0531. The molecule has 0 amide bonds. The molecule has 1 aliphatic rings. The Balaban J connectivity index is 1.48. The number of anilines is 1. The third kappa shape index (κ3) is 4.92. The van der Waals surface area contributed by atoms with E-state index in [-0.39, 0.29) is 23.5 Å². The molecule has 3 aromatic heterocycles. The van der Waals surface area contributed by atoms with Crippen LogP contribution in [0.15, 0.2) is 9.13 Å². The Hall–Kier alpha value is -2.02. The maximum Gasteiger partial charge on any atom is 0.348 e. The SMILES string of the molecule is CCOC(=O)c1sc2nc([C@H](C)Sc3nnc(NC[C@@H]4CCCO4)s3)[nH]c(=O)c2c1C. The van der Waals surface area contributed by atoms with Gasteiger partial charge in [0.25, 0.3) is 5.56 Å². The van der Waals surface area contributed by atoms with Gasteiger partial charge in [0, 0.05) is 13.2 Å². The molecule has 0 aliphatic carbocycles. The average Bonchev–Trinajstić information content (AvgIpc) is 3.47. The number of nitrogens with zero attached hydrogens (tertiary/aromatic N) is 3. The van der Waals surface area contributed by atoms with E-state index in [1.807, 2.05) is 6.92 Å². The molecule has 12 heteroatoms. The molecule has 3 aromatic rings. The summed E-state index contributed by atoms with van der Waals surface area (Å²) in [4.78, 5) is 33.3. The first-order valence-corrected chi connectivity index (χ1v) is 12.5. The van der Waals surface area contributed by atoms with Crippen molar-refractivity contribution >= 4 is 55.8 Å². The number of thiophene rings is 1. The summed E-state index contributed by atoms with van der Waals surface area (Å²) in [5, 5.41) is 12.7. The summed E-state index contributed by atoms with van der Waals surface area (Å²) in [6.07, 6.45) is 2.39. The highest BCUT2D eigenvalue weighted by molar-refractivity contribution is 8.01. The molecule has 166 valence electrons. The van der Waals surface area contributed by atoms with Crippen LogP contribution in [-0.4, -0.2) is 52.0 Å². The number of ether oxygens (including phenoxy) is 2. The smallest absolute Gasteiger partial charge is 0.348 e. The first kappa shape index (κ1) is 22.2. The van der Waals surface area contributed by atoms with Gasteiger partial charge < -0.3 is 19.8 Å². The van der Waals surface area contributed by atoms with Crippen molar-refractivity contribution in [3.63, 3.8) is 0 Å². The zero-order valence-electron chi connectivity index (χ0n) is 17.4. The van der Waals surface area contributed by atoms with Gasteiger partial charge in [-0.3, -0.25) is 4.79 Å². The summed E-state index contributed by atoms with van der Waals surface area (Å²) >= 11 is 4.12. The summed E-state index contributed by atoms with van der Waals surface area (Å²) in [7, 11) is 0. The van der Waals surface area contributed by atoms with Crippen molar-refractivity contribution in [1.82, 2.24) is 20.2 Å². The van der Waals surface area contributed by atoms with Gasteiger partial charge in [0.2, 0.25) is 5.13 Å². The topological polar surface area (TPSA) is 119 Å². The number of aromatic amines is 1. The lowest BCUT2D eigenvalue weighted by Crippen LogP contribution is -2.18. The van der Waals surface area contributed by atoms with Crippen LogP contribution in [0, 0.1) is 6.92 Å². The standard InChI is InChI=1S/C19H23N5O4S3/c1-4-27-17(26)13-9(2)12-15(25)21-14(22-16(12)30-13)10(3)29-19-24-23-18(31-19)20-8-11-6-5-7-28-11/h10-11H,4-8H2,1-3H3,(H,20,23)(H,21,22,25)/t10-,11-/m0/s1. The summed E-state index contributed by atoms with van der Waals surface area (Å²) in [5.74, 6) is 0.103. The van der Waals surface area contributed by atoms with Gasteiger partial charge in [0.05, 0.1) is 23.3 Å². The van der Waals surface area contributed by atoms with Crippen molar-refractivity contribution in [1.29, 1.82) is 0 Å². The van der Waals surface area contributed by atoms with Gasteiger partial charge in [-0.1, -0.05) is 23.1 Å². The number of esters is 1. The number of hydrogen-bond donors (Lipinski definition) is 2. The van der Waals surface area contributed by atoms with Crippen LogP contribution in [-0.2, 0) is 9.47 Å². The summed E-state index contributed by atoms with van der Waals surface area (Å²) < 4.78 is 11.5. The Kier molecular flexibility index (Phi) is 6.89. The van der Waals surface area contributed by atoms with Crippen LogP contribution in [0.25, 0.3) is 10.2 Å². The summed E-state index contributed by atoms with van der Waals surface area (Å²) in [6.45, 7) is 7.26. The van der Waals surface area contributed by atoms with Crippen LogP contribution < -0.4 is 10.9 Å². The van der Waals surface area contributed by atoms with Crippen LogP contribution in [0.4, 0.5) is 5.13 Å². The normalized spacial score (nSPS) is 17.2. The predicted molar refractivity (Wildman–Crippen MR) is 123 cm³/mol. The lowest BCUT2D eigenvalue weighted by atomic mass is 10.2. The van der Waals surface area contributed by atoms with E-state index in [1.165, 1.54) is 34.4 Å². The number of aryl methyl sites for hydroxylation is 1. The summed E-state index contributed by atoms with van der Waals surface area (Å²) in [5.41, 5.74) is 0.345. The molecule has 1 aliphatic heterocycles. The van der Waals surface area contributed by atoms with E-state index >= 15 is 0 Å². The van der Waals surface area contributed by atoms with Gasteiger partial charge >= 0.3 is 5.97 Å². The molecular weight excluding hydrogens is 458 g/mol. The highest BCUT2D eigenvalue weighted by atomic mass is 32.2. The number of rotatable bonds is 8. The van der Waals surface area contributed by atoms with Gasteiger partial charge in [-0.25, -0.2) is 9.78 Å². The van der Waals surface area contributed by atoms with E-state index in [4.69, 9.17) is 9.47 Å². The molecule has 2 atom stereocenters. The van der Waals surface area contributed by atoms with Crippen molar-refractivity contribution in [3.8, 4) is 0 Å². The molecule has 0 unspecified atom stereocenters. The molecule has 0 spiro atoms. The Bertz CT molecular complexity index is 1140. The Morgan fingerprint density at radius 2 is 2.26 bits per heavy atom. The molecule has 0 aromatic carbocycles. The van der Waals surface area contributed by atoms with E-state index in [0.717, 1.165) is 35.5 Å². The number of carbonyl (C=O) groups is 1. The second kappa shape index (κ2) is 9.63. The molecule has 9 nitrogen and oxygen atoms in total. The van der Waals surface area contributed by atoms with Crippen molar-refractivity contribution in [3.05, 3.63) is 26.6 Å². The van der Waals surface area contributed by atoms with E-state index in [9.17, 15) is 9.59 Å². The maximum atomic E-state index is 12.7. The Labute approximate surface area is 191 Å². The highest BCUT2D eigenvalue weighted by Crippen LogP contribution is 2.37. The molecule has 1 fully saturated rings. The Morgan fingerprint density at radius 1 is 1.42 bits per heavy atom. The van der Waals surface area contributed by atoms with Crippen LogP contribution in [0.3, 0.4) is 0 Å². The minimum atomic E-state index is -0.428. The third-order valence-electron chi connectivity index (χ3n) is 4.85. The lowest BCUT2D eigenvalue weighted by Gasteiger charge is -2.09. The van der Waals surface area contributed by atoms with Crippen LogP contribution >= 0.6 is 34.4 Å². The van der Waals surface area contributed by atoms with Gasteiger partial charge in [-0.2, -0.15) is 0 Å². The third-order valence-corrected chi connectivity index (χ3v) is 8.09. The molecular formula is C19H23N5O4S3. The van der Waals surface area contributed by atoms with Crippen molar-refractivity contribution in [2.45, 2.75) is 49.3 Å². The average molecular weight is 482 g/mol. The molecule has 31 heavy (non-hydrogen) atoms. The first-order valence-electron chi connectivity index (χ1n) is 10.0. The Morgan fingerprint density at radius 3 is 3.00 bits per heavy atom. The highest BCUT2D eigenvalue weighted by Gasteiger charge is 2.22. The van der Waals surface area contributed by atoms with Crippen LogP contribution in [0.5, 0.6) is 0 Å². The fourth-order valence-corrected chi connectivity index (χ4v) is 6.33. The number of hydrogen-bond acceptors (Lipinski definition) is 11. The van der Waals surface area contributed by atoms with Gasteiger partial charge in [0.1, 0.15) is 15.5 Å². The minimum Gasteiger partial charge on any atom is -0.462 e. The maximum absolute atomic E-state index is 12.7. The number of carbonyl (C=O) groups excluding carboxylic acids is 1. The molecule has 4 heterocycles. The molecule has 4 rings (SSSR count).